The van der Waals surface area contributed by atoms with E-state index in [1.165, 1.54) is 22.5 Å². The van der Waals surface area contributed by atoms with Gasteiger partial charge in [-0.1, -0.05) is 70.2 Å². The van der Waals surface area contributed by atoms with Gasteiger partial charge < -0.3 is 10.3 Å². The lowest BCUT2D eigenvalue weighted by atomic mass is 10.0. The second-order valence-electron chi connectivity index (χ2n) is 6.70. The van der Waals surface area contributed by atoms with Crippen LogP contribution in [0.3, 0.4) is 0 Å². The first-order valence-electron chi connectivity index (χ1n) is 9.14. The summed E-state index contributed by atoms with van der Waals surface area (Å²) in [5, 5.41) is 12.1. The Labute approximate surface area is 183 Å². The summed E-state index contributed by atoms with van der Waals surface area (Å²) in [4.78, 5) is 12.1. The molecule has 5 rings (SSSR count). The van der Waals surface area contributed by atoms with Crippen LogP contribution >= 0.6 is 27.7 Å². The second-order valence-corrected chi connectivity index (χ2v) is 8.49. The van der Waals surface area contributed by atoms with E-state index in [0.717, 1.165) is 31.8 Å². The van der Waals surface area contributed by atoms with Crippen molar-refractivity contribution in [2.24, 2.45) is 0 Å². The Kier molecular flexibility index (Phi) is 4.80. The minimum atomic E-state index is -0.378. The molecule has 2 aromatic heterocycles. The van der Waals surface area contributed by atoms with Crippen molar-refractivity contribution in [3.8, 4) is 11.4 Å². The maximum atomic E-state index is 12.1. The number of rotatable bonds is 4. The van der Waals surface area contributed by atoms with Gasteiger partial charge in [0.2, 0.25) is 5.16 Å². The number of benzene rings is 3. The van der Waals surface area contributed by atoms with Gasteiger partial charge in [0.1, 0.15) is 5.58 Å². The van der Waals surface area contributed by atoms with Crippen LogP contribution in [0, 0.1) is 0 Å². The third-order valence-corrected chi connectivity index (χ3v) is 6.53. The highest BCUT2D eigenvalue weighted by molar-refractivity contribution is 9.10. The van der Waals surface area contributed by atoms with E-state index in [2.05, 4.69) is 26.1 Å². The maximum Gasteiger partial charge on any atom is 0.336 e. The van der Waals surface area contributed by atoms with Crippen molar-refractivity contribution in [3.05, 3.63) is 87.2 Å². The number of halogens is 1. The van der Waals surface area contributed by atoms with Crippen LogP contribution in [0.2, 0.25) is 0 Å². The van der Waals surface area contributed by atoms with Crippen LogP contribution in [-0.2, 0) is 5.75 Å². The second kappa shape index (κ2) is 7.62. The topological polar surface area (TPSA) is 86.9 Å². The highest BCUT2D eigenvalue weighted by Crippen LogP contribution is 2.32. The Bertz CT molecular complexity index is 1460. The Morgan fingerprint density at radius 2 is 1.83 bits per heavy atom. The van der Waals surface area contributed by atoms with Gasteiger partial charge in [-0.15, -0.1) is 10.2 Å². The van der Waals surface area contributed by atoms with E-state index < -0.39 is 0 Å². The number of aromatic nitrogens is 3. The van der Waals surface area contributed by atoms with Crippen molar-refractivity contribution >= 4 is 49.4 Å². The lowest BCUT2D eigenvalue weighted by Crippen LogP contribution is -2.11. The zero-order valence-corrected chi connectivity index (χ0v) is 18.0. The van der Waals surface area contributed by atoms with Crippen LogP contribution in [0.25, 0.3) is 33.1 Å². The zero-order valence-electron chi connectivity index (χ0n) is 15.6. The standard InChI is InChI=1S/C22H15BrN4O2S/c23-17-8-4-3-7-16(17)21-25-26-22(27(21)24)30-12-14-11-19(28)29-18-10-9-13-5-1-2-6-15(13)20(14)18/h1-11H,12,24H2. The molecule has 0 aliphatic carbocycles. The van der Waals surface area contributed by atoms with E-state index in [0.29, 0.717) is 22.3 Å². The Hall–Kier alpha value is -3.10. The first kappa shape index (κ1) is 18.9. The predicted molar refractivity (Wildman–Crippen MR) is 123 cm³/mol. The SMILES string of the molecule is Nn1c(SCc2cc(=O)oc3ccc4ccccc4c23)nnc1-c1ccccc1Br. The first-order valence-corrected chi connectivity index (χ1v) is 10.9. The molecule has 0 atom stereocenters. The average molecular weight is 479 g/mol. The molecular formula is C22H15BrN4O2S. The molecule has 0 saturated carbocycles. The van der Waals surface area contributed by atoms with Gasteiger partial charge in [-0.05, 0) is 34.5 Å². The van der Waals surface area contributed by atoms with E-state index in [-0.39, 0.29) is 5.63 Å². The average Bonchev–Trinajstić information content (AvgIpc) is 3.12. The summed E-state index contributed by atoms with van der Waals surface area (Å²) in [6.07, 6.45) is 0. The van der Waals surface area contributed by atoms with E-state index in [1.54, 1.807) is 0 Å². The van der Waals surface area contributed by atoms with Gasteiger partial charge >= 0.3 is 5.63 Å². The molecule has 0 bridgehead atoms. The van der Waals surface area contributed by atoms with Crippen molar-refractivity contribution in [1.29, 1.82) is 0 Å². The van der Waals surface area contributed by atoms with Gasteiger partial charge in [0.25, 0.3) is 0 Å². The number of nitrogens with two attached hydrogens (primary N) is 1. The van der Waals surface area contributed by atoms with Gasteiger partial charge in [0, 0.05) is 27.2 Å². The molecule has 2 N–H and O–H groups in total. The molecule has 30 heavy (non-hydrogen) atoms. The molecule has 0 aliphatic heterocycles. The van der Waals surface area contributed by atoms with E-state index in [1.807, 2.05) is 60.7 Å². The molecular weight excluding hydrogens is 464 g/mol. The summed E-state index contributed by atoms with van der Waals surface area (Å²) in [5.74, 6) is 7.34. The normalized spacial score (nSPS) is 11.4. The summed E-state index contributed by atoms with van der Waals surface area (Å²) in [5.41, 5.74) is 1.92. The summed E-state index contributed by atoms with van der Waals surface area (Å²) < 4.78 is 7.79. The predicted octanol–water partition coefficient (Wildman–Crippen LogP) is 4.97. The lowest BCUT2D eigenvalue weighted by molar-refractivity contribution is 0.560. The third-order valence-electron chi connectivity index (χ3n) is 4.85. The Morgan fingerprint density at radius 1 is 1.03 bits per heavy atom. The summed E-state index contributed by atoms with van der Waals surface area (Å²) >= 11 is 4.94. The van der Waals surface area contributed by atoms with Crippen molar-refractivity contribution in [2.75, 3.05) is 5.84 Å². The molecule has 3 aromatic carbocycles. The molecule has 0 spiro atoms. The largest absolute Gasteiger partial charge is 0.423 e. The summed E-state index contributed by atoms with van der Waals surface area (Å²) in [6.45, 7) is 0. The van der Waals surface area contributed by atoms with Gasteiger partial charge in [-0.3, -0.25) is 0 Å². The molecule has 5 aromatic rings. The van der Waals surface area contributed by atoms with E-state index in [4.69, 9.17) is 10.3 Å². The van der Waals surface area contributed by atoms with Crippen molar-refractivity contribution in [3.63, 3.8) is 0 Å². The molecule has 0 fully saturated rings. The quantitative estimate of drug-likeness (QED) is 0.170. The number of nitrogen functional groups attached to an aromatic ring is 1. The molecule has 8 heteroatoms. The summed E-state index contributed by atoms with van der Waals surface area (Å²) in [6, 6.07) is 21.1. The van der Waals surface area contributed by atoms with Crippen molar-refractivity contribution in [2.45, 2.75) is 10.9 Å². The van der Waals surface area contributed by atoms with Gasteiger partial charge in [-0.25, -0.2) is 9.47 Å². The molecule has 0 aliphatic rings. The van der Waals surface area contributed by atoms with E-state index in [9.17, 15) is 4.79 Å². The molecule has 0 amide bonds. The van der Waals surface area contributed by atoms with E-state index >= 15 is 0 Å². The fraction of sp³-hybridized carbons (Fsp3) is 0.0455. The maximum absolute atomic E-state index is 12.1. The van der Waals surface area contributed by atoms with Crippen LogP contribution in [-0.4, -0.2) is 14.9 Å². The minimum absolute atomic E-state index is 0.378. The van der Waals surface area contributed by atoms with Gasteiger partial charge in [0.05, 0.1) is 0 Å². The van der Waals surface area contributed by atoms with Crippen LogP contribution < -0.4 is 11.5 Å². The van der Waals surface area contributed by atoms with Crippen molar-refractivity contribution < 1.29 is 4.42 Å². The first-order chi connectivity index (χ1) is 14.6. The highest BCUT2D eigenvalue weighted by atomic mass is 79.9. The fourth-order valence-corrected chi connectivity index (χ4v) is 4.78. The molecule has 6 nitrogen and oxygen atoms in total. The molecule has 0 saturated heterocycles. The highest BCUT2D eigenvalue weighted by Gasteiger charge is 2.16. The Morgan fingerprint density at radius 3 is 2.70 bits per heavy atom. The summed E-state index contributed by atoms with van der Waals surface area (Å²) in [7, 11) is 0. The minimum Gasteiger partial charge on any atom is -0.423 e. The van der Waals surface area contributed by atoms with Gasteiger partial charge in [-0.2, -0.15) is 0 Å². The number of hydrogen-bond acceptors (Lipinski definition) is 6. The van der Waals surface area contributed by atoms with Crippen molar-refractivity contribution in [1.82, 2.24) is 14.9 Å². The molecule has 2 heterocycles. The Balaban J connectivity index is 1.54. The molecule has 0 radical (unpaired) electrons. The smallest absolute Gasteiger partial charge is 0.336 e. The fourth-order valence-electron chi connectivity index (χ4n) is 3.48. The lowest BCUT2D eigenvalue weighted by Gasteiger charge is -2.09. The van der Waals surface area contributed by atoms with Crippen LogP contribution in [0.4, 0.5) is 0 Å². The van der Waals surface area contributed by atoms with Crippen LogP contribution in [0.15, 0.2) is 85.6 Å². The monoisotopic (exact) mass is 478 g/mol. The van der Waals surface area contributed by atoms with Crippen LogP contribution in [0.5, 0.6) is 0 Å². The molecule has 148 valence electrons. The number of hydrogen-bond donors (Lipinski definition) is 1. The van der Waals surface area contributed by atoms with Gasteiger partial charge in [0.15, 0.2) is 5.82 Å². The number of nitrogens with zero attached hydrogens (tertiary/aromatic N) is 3. The molecule has 0 unspecified atom stereocenters. The number of thioether (sulfide) groups is 1. The third kappa shape index (κ3) is 3.28. The number of fused-ring (bicyclic) bond motifs is 3. The zero-order chi connectivity index (χ0) is 20.7. The van der Waals surface area contributed by atoms with Crippen LogP contribution in [0.1, 0.15) is 5.56 Å².